The molecule has 0 heterocycles. The SMILES string of the molecule is CC[C@H](O)c1ccc(N(CC)Cc2ccccc2)cc1. The molecule has 2 aromatic rings. The van der Waals surface area contributed by atoms with Gasteiger partial charge in [0.05, 0.1) is 6.10 Å². The average Bonchev–Trinajstić information content (AvgIpc) is 2.53. The van der Waals surface area contributed by atoms with E-state index in [2.05, 4.69) is 48.2 Å². The summed E-state index contributed by atoms with van der Waals surface area (Å²) < 4.78 is 0. The zero-order chi connectivity index (χ0) is 14.4. The van der Waals surface area contributed by atoms with Gasteiger partial charge in [-0.2, -0.15) is 0 Å². The van der Waals surface area contributed by atoms with Gasteiger partial charge in [-0.1, -0.05) is 49.4 Å². The van der Waals surface area contributed by atoms with E-state index >= 15 is 0 Å². The zero-order valence-electron chi connectivity index (χ0n) is 12.3. The van der Waals surface area contributed by atoms with Crippen LogP contribution in [0.15, 0.2) is 54.6 Å². The summed E-state index contributed by atoms with van der Waals surface area (Å²) in [7, 11) is 0. The smallest absolute Gasteiger partial charge is 0.0787 e. The second kappa shape index (κ2) is 7.11. The number of nitrogens with zero attached hydrogens (tertiary/aromatic N) is 1. The Labute approximate surface area is 121 Å². The molecule has 0 radical (unpaired) electrons. The van der Waals surface area contributed by atoms with E-state index in [1.54, 1.807) is 0 Å². The molecule has 0 spiro atoms. The van der Waals surface area contributed by atoms with Crippen LogP contribution in [0.4, 0.5) is 5.69 Å². The lowest BCUT2D eigenvalue weighted by Gasteiger charge is -2.24. The van der Waals surface area contributed by atoms with Crippen LogP contribution in [0.5, 0.6) is 0 Å². The van der Waals surface area contributed by atoms with Crippen molar-refractivity contribution in [3.8, 4) is 0 Å². The first-order chi connectivity index (χ1) is 9.74. The fourth-order valence-electron chi connectivity index (χ4n) is 2.33. The minimum absolute atomic E-state index is 0.353. The van der Waals surface area contributed by atoms with Gasteiger partial charge in [0.1, 0.15) is 0 Å². The van der Waals surface area contributed by atoms with Crippen LogP contribution >= 0.6 is 0 Å². The summed E-state index contributed by atoms with van der Waals surface area (Å²) in [6, 6.07) is 18.7. The van der Waals surface area contributed by atoms with Gasteiger partial charge in [-0.05, 0) is 36.6 Å². The van der Waals surface area contributed by atoms with E-state index in [-0.39, 0.29) is 6.10 Å². The lowest BCUT2D eigenvalue weighted by Crippen LogP contribution is -2.21. The number of aliphatic hydroxyl groups excluding tert-OH is 1. The molecule has 106 valence electrons. The molecule has 1 atom stereocenters. The number of rotatable bonds is 6. The van der Waals surface area contributed by atoms with E-state index < -0.39 is 0 Å². The molecule has 2 aromatic carbocycles. The van der Waals surface area contributed by atoms with Crippen molar-refractivity contribution >= 4 is 5.69 Å². The van der Waals surface area contributed by atoms with Crippen molar-refractivity contribution in [1.29, 1.82) is 0 Å². The second-order valence-corrected chi connectivity index (χ2v) is 5.02. The van der Waals surface area contributed by atoms with Gasteiger partial charge in [0, 0.05) is 18.8 Å². The van der Waals surface area contributed by atoms with Gasteiger partial charge in [-0.25, -0.2) is 0 Å². The predicted octanol–water partition coefficient (Wildman–Crippen LogP) is 4.16. The molecule has 0 saturated carbocycles. The van der Waals surface area contributed by atoms with Crippen molar-refractivity contribution in [2.24, 2.45) is 0 Å². The summed E-state index contributed by atoms with van der Waals surface area (Å²) >= 11 is 0. The van der Waals surface area contributed by atoms with Gasteiger partial charge >= 0.3 is 0 Å². The molecule has 0 bridgehead atoms. The molecule has 1 N–H and O–H groups in total. The molecule has 2 heteroatoms. The minimum atomic E-state index is -0.353. The van der Waals surface area contributed by atoms with Crippen molar-refractivity contribution in [2.75, 3.05) is 11.4 Å². The van der Waals surface area contributed by atoms with E-state index in [1.807, 2.05) is 25.1 Å². The van der Waals surface area contributed by atoms with Crippen molar-refractivity contribution in [3.63, 3.8) is 0 Å². The van der Waals surface area contributed by atoms with Gasteiger partial charge in [0.15, 0.2) is 0 Å². The number of hydrogen-bond donors (Lipinski definition) is 1. The molecule has 0 aliphatic heterocycles. The Morgan fingerprint density at radius 1 is 0.950 bits per heavy atom. The van der Waals surface area contributed by atoms with E-state index in [0.29, 0.717) is 0 Å². The van der Waals surface area contributed by atoms with Gasteiger partial charge in [0.2, 0.25) is 0 Å². The van der Waals surface area contributed by atoms with Crippen LogP contribution in [0.25, 0.3) is 0 Å². The first-order valence-corrected chi connectivity index (χ1v) is 7.31. The lowest BCUT2D eigenvalue weighted by molar-refractivity contribution is 0.173. The van der Waals surface area contributed by atoms with Crippen LogP contribution in [0.2, 0.25) is 0 Å². The molecule has 2 nitrogen and oxygen atoms in total. The highest BCUT2D eigenvalue weighted by Crippen LogP contribution is 2.22. The Morgan fingerprint density at radius 3 is 2.15 bits per heavy atom. The molecule has 0 aromatic heterocycles. The highest BCUT2D eigenvalue weighted by atomic mass is 16.3. The molecule has 0 aliphatic rings. The van der Waals surface area contributed by atoms with Crippen LogP contribution in [0, 0.1) is 0 Å². The largest absolute Gasteiger partial charge is 0.388 e. The Morgan fingerprint density at radius 2 is 1.60 bits per heavy atom. The summed E-state index contributed by atoms with van der Waals surface area (Å²) in [5, 5.41) is 9.84. The maximum absolute atomic E-state index is 9.84. The Hall–Kier alpha value is -1.80. The van der Waals surface area contributed by atoms with Gasteiger partial charge in [0.25, 0.3) is 0 Å². The zero-order valence-corrected chi connectivity index (χ0v) is 12.3. The highest BCUT2D eigenvalue weighted by Gasteiger charge is 2.08. The van der Waals surface area contributed by atoms with E-state index in [9.17, 15) is 5.11 Å². The summed E-state index contributed by atoms with van der Waals surface area (Å²) in [4.78, 5) is 2.33. The van der Waals surface area contributed by atoms with Crippen LogP contribution in [0.3, 0.4) is 0 Å². The summed E-state index contributed by atoms with van der Waals surface area (Å²) in [5.74, 6) is 0. The molecule has 0 unspecified atom stereocenters. The highest BCUT2D eigenvalue weighted by molar-refractivity contribution is 5.48. The molecule has 0 amide bonds. The summed E-state index contributed by atoms with van der Waals surface area (Å²) in [6.07, 6.45) is 0.397. The van der Waals surface area contributed by atoms with Crippen molar-refractivity contribution < 1.29 is 5.11 Å². The Balaban J connectivity index is 2.11. The van der Waals surface area contributed by atoms with E-state index in [0.717, 1.165) is 25.1 Å². The maximum atomic E-state index is 9.84. The van der Waals surface area contributed by atoms with Crippen LogP contribution in [0.1, 0.15) is 37.5 Å². The topological polar surface area (TPSA) is 23.5 Å². The fourth-order valence-corrected chi connectivity index (χ4v) is 2.33. The van der Waals surface area contributed by atoms with Crippen molar-refractivity contribution in [2.45, 2.75) is 32.9 Å². The molecular formula is C18H23NO. The standard InChI is InChI=1S/C18H23NO/c1-3-18(20)16-10-12-17(13-11-16)19(4-2)14-15-8-6-5-7-9-15/h5-13,18,20H,3-4,14H2,1-2H3/t18-/m0/s1. The summed E-state index contributed by atoms with van der Waals surface area (Å²) in [5.41, 5.74) is 3.50. The van der Waals surface area contributed by atoms with Crippen molar-refractivity contribution in [3.05, 3.63) is 65.7 Å². The normalized spacial score (nSPS) is 12.2. The summed E-state index contributed by atoms with van der Waals surface area (Å²) in [6.45, 7) is 6.03. The van der Waals surface area contributed by atoms with Gasteiger partial charge < -0.3 is 10.0 Å². The monoisotopic (exact) mass is 269 g/mol. The van der Waals surface area contributed by atoms with Gasteiger partial charge in [-0.15, -0.1) is 0 Å². The van der Waals surface area contributed by atoms with Gasteiger partial charge in [-0.3, -0.25) is 0 Å². The van der Waals surface area contributed by atoms with E-state index in [4.69, 9.17) is 0 Å². The third kappa shape index (κ3) is 3.61. The molecule has 20 heavy (non-hydrogen) atoms. The molecule has 0 aliphatic carbocycles. The Bertz CT molecular complexity index is 507. The second-order valence-electron chi connectivity index (χ2n) is 5.02. The number of anilines is 1. The number of aliphatic hydroxyl groups is 1. The fraction of sp³-hybridized carbons (Fsp3) is 0.333. The first-order valence-electron chi connectivity index (χ1n) is 7.31. The minimum Gasteiger partial charge on any atom is -0.388 e. The quantitative estimate of drug-likeness (QED) is 0.851. The average molecular weight is 269 g/mol. The van der Waals surface area contributed by atoms with E-state index in [1.165, 1.54) is 11.3 Å². The molecule has 2 rings (SSSR count). The van der Waals surface area contributed by atoms with Crippen LogP contribution < -0.4 is 4.90 Å². The third-order valence-electron chi connectivity index (χ3n) is 3.63. The maximum Gasteiger partial charge on any atom is 0.0787 e. The van der Waals surface area contributed by atoms with Crippen LogP contribution in [-0.4, -0.2) is 11.7 Å². The van der Waals surface area contributed by atoms with Crippen molar-refractivity contribution in [1.82, 2.24) is 0 Å². The Kier molecular flexibility index (Phi) is 5.19. The predicted molar refractivity (Wildman–Crippen MR) is 84.9 cm³/mol. The van der Waals surface area contributed by atoms with Crippen LogP contribution in [-0.2, 0) is 6.54 Å². The number of benzene rings is 2. The molecule has 0 fully saturated rings. The first kappa shape index (κ1) is 14.6. The molecule has 0 saturated heterocycles. The molecular weight excluding hydrogens is 246 g/mol. The third-order valence-corrected chi connectivity index (χ3v) is 3.63. The number of hydrogen-bond acceptors (Lipinski definition) is 2. The lowest BCUT2D eigenvalue weighted by atomic mass is 10.1.